The predicted octanol–water partition coefficient (Wildman–Crippen LogP) is 2.77. The number of piperazine rings is 1. The summed E-state index contributed by atoms with van der Waals surface area (Å²) in [4.78, 5) is 29.2. The Labute approximate surface area is 174 Å². The Hall–Kier alpha value is -2.57. The highest BCUT2D eigenvalue weighted by molar-refractivity contribution is 6.30. The van der Waals surface area contributed by atoms with Crippen molar-refractivity contribution in [1.29, 1.82) is 0 Å². The third-order valence-corrected chi connectivity index (χ3v) is 5.72. The van der Waals surface area contributed by atoms with E-state index < -0.39 is 12.1 Å². The van der Waals surface area contributed by atoms with Gasteiger partial charge in [-0.2, -0.15) is 0 Å². The van der Waals surface area contributed by atoms with Gasteiger partial charge in [-0.15, -0.1) is 0 Å². The molecule has 2 heterocycles. The van der Waals surface area contributed by atoms with Crippen molar-refractivity contribution in [3.05, 3.63) is 64.2 Å². The fourth-order valence-electron chi connectivity index (χ4n) is 3.91. The molecular formula is C22H23ClN2O4. The number of carbonyl (C=O) groups is 2. The first-order valence-corrected chi connectivity index (χ1v) is 10.1. The number of nitrogens with zero attached hydrogens (tertiary/aromatic N) is 2. The molecule has 0 aliphatic carbocycles. The van der Waals surface area contributed by atoms with Crippen LogP contribution in [0.1, 0.15) is 21.5 Å². The molecule has 1 atom stereocenters. The maximum Gasteiger partial charge on any atom is 0.339 e. The minimum atomic E-state index is -0.739. The molecule has 2 aromatic rings. The molecule has 1 saturated heterocycles. The van der Waals surface area contributed by atoms with E-state index in [-0.39, 0.29) is 5.91 Å². The van der Waals surface area contributed by atoms with Crippen LogP contribution in [-0.2, 0) is 22.5 Å². The third kappa shape index (κ3) is 4.23. The molecular weight excluding hydrogens is 392 g/mol. The first kappa shape index (κ1) is 19.7. The highest BCUT2D eigenvalue weighted by Crippen LogP contribution is 2.25. The van der Waals surface area contributed by atoms with Gasteiger partial charge in [0.1, 0.15) is 5.75 Å². The molecule has 1 fully saturated rings. The van der Waals surface area contributed by atoms with Crippen molar-refractivity contribution in [3.8, 4) is 5.75 Å². The van der Waals surface area contributed by atoms with Crippen LogP contribution in [0.25, 0.3) is 0 Å². The highest BCUT2D eigenvalue weighted by Gasteiger charge is 2.34. The van der Waals surface area contributed by atoms with Gasteiger partial charge in [-0.25, -0.2) is 4.79 Å². The summed E-state index contributed by atoms with van der Waals surface area (Å²) < 4.78 is 10.8. The lowest BCUT2D eigenvalue weighted by Gasteiger charge is -2.37. The Morgan fingerprint density at radius 3 is 2.69 bits per heavy atom. The van der Waals surface area contributed by atoms with Crippen molar-refractivity contribution in [1.82, 2.24) is 9.80 Å². The van der Waals surface area contributed by atoms with Gasteiger partial charge in [-0.05, 0) is 29.8 Å². The molecule has 152 valence electrons. The smallest absolute Gasteiger partial charge is 0.339 e. The van der Waals surface area contributed by atoms with Gasteiger partial charge in [0.25, 0.3) is 5.91 Å². The molecule has 1 unspecified atom stereocenters. The molecule has 0 N–H and O–H groups in total. The second-order valence-corrected chi connectivity index (χ2v) is 7.75. The SMILES string of the molecule is COc1ccc(Cl)cc1CN1CCN(C(=O)C2Cc3ccccc3C(=O)O2)CC1. The van der Waals surface area contributed by atoms with Crippen LogP contribution in [0.4, 0.5) is 0 Å². The summed E-state index contributed by atoms with van der Waals surface area (Å²) in [5.74, 6) is 0.269. The van der Waals surface area contributed by atoms with E-state index in [1.807, 2.05) is 30.3 Å². The van der Waals surface area contributed by atoms with Crippen LogP contribution in [0.5, 0.6) is 5.75 Å². The maximum absolute atomic E-state index is 12.9. The molecule has 4 rings (SSSR count). The number of benzene rings is 2. The van der Waals surface area contributed by atoms with E-state index in [0.29, 0.717) is 36.6 Å². The van der Waals surface area contributed by atoms with Crippen molar-refractivity contribution in [3.63, 3.8) is 0 Å². The number of fused-ring (bicyclic) bond motifs is 1. The van der Waals surface area contributed by atoms with E-state index in [1.54, 1.807) is 24.1 Å². The molecule has 0 aromatic heterocycles. The van der Waals surface area contributed by atoms with Gasteiger partial charge in [0, 0.05) is 49.7 Å². The number of hydrogen-bond acceptors (Lipinski definition) is 5. The van der Waals surface area contributed by atoms with E-state index >= 15 is 0 Å². The average molecular weight is 415 g/mol. The Balaban J connectivity index is 1.36. The maximum atomic E-state index is 12.9. The van der Waals surface area contributed by atoms with Gasteiger partial charge in [0.05, 0.1) is 12.7 Å². The summed E-state index contributed by atoms with van der Waals surface area (Å²) in [5.41, 5.74) is 2.45. The van der Waals surface area contributed by atoms with Gasteiger partial charge in [-0.1, -0.05) is 29.8 Å². The summed E-state index contributed by atoms with van der Waals surface area (Å²) in [6, 6.07) is 12.9. The van der Waals surface area contributed by atoms with E-state index in [2.05, 4.69) is 4.90 Å². The van der Waals surface area contributed by atoms with Gasteiger partial charge < -0.3 is 14.4 Å². The second-order valence-electron chi connectivity index (χ2n) is 7.31. The van der Waals surface area contributed by atoms with E-state index in [9.17, 15) is 9.59 Å². The van der Waals surface area contributed by atoms with Crippen molar-refractivity contribution in [2.24, 2.45) is 0 Å². The third-order valence-electron chi connectivity index (χ3n) is 5.49. The zero-order valence-corrected chi connectivity index (χ0v) is 17.0. The average Bonchev–Trinajstić information content (AvgIpc) is 2.74. The summed E-state index contributed by atoms with van der Waals surface area (Å²) in [5, 5.41) is 0.675. The molecule has 0 bridgehead atoms. The van der Waals surface area contributed by atoms with Crippen LogP contribution in [0.3, 0.4) is 0 Å². The lowest BCUT2D eigenvalue weighted by Crippen LogP contribution is -2.52. The molecule has 2 aromatic carbocycles. The Bertz CT molecular complexity index is 925. The minimum absolute atomic E-state index is 0.118. The zero-order valence-electron chi connectivity index (χ0n) is 16.3. The van der Waals surface area contributed by atoms with Crippen molar-refractivity contribution < 1.29 is 19.1 Å². The quantitative estimate of drug-likeness (QED) is 0.720. The lowest BCUT2D eigenvalue weighted by atomic mass is 9.98. The molecule has 0 radical (unpaired) electrons. The number of cyclic esters (lactones) is 1. The molecule has 1 amide bonds. The van der Waals surface area contributed by atoms with Crippen LogP contribution < -0.4 is 4.74 Å². The van der Waals surface area contributed by atoms with E-state index in [0.717, 1.165) is 30.0 Å². The highest BCUT2D eigenvalue weighted by atomic mass is 35.5. The Morgan fingerprint density at radius 2 is 1.93 bits per heavy atom. The Kier molecular flexibility index (Phi) is 5.74. The number of ether oxygens (including phenoxy) is 2. The van der Waals surface area contributed by atoms with Gasteiger partial charge >= 0.3 is 5.97 Å². The molecule has 6 nitrogen and oxygen atoms in total. The van der Waals surface area contributed by atoms with Crippen LogP contribution in [0.15, 0.2) is 42.5 Å². The fraction of sp³-hybridized carbons (Fsp3) is 0.364. The van der Waals surface area contributed by atoms with Crippen LogP contribution >= 0.6 is 11.6 Å². The summed E-state index contributed by atoms with van der Waals surface area (Å²) in [6.07, 6.45) is -0.308. The Morgan fingerprint density at radius 1 is 1.17 bits per heavy atom. The number of halogens is 1. The molecule has 2 aliphatic heterocycles. The monoisotopic (exact) mass is 414 g/mol. The number of hydrogen-bond donors (Lipinski definition) is 0. The van der Waals surface area contributed by atoms with E-state index in [4.69, 9.17) is 21.1 Å². The second kappa shape index (κ2) is 8.43. The normalized spacial score (nSPS) is 19.4. The molecule has 2 aliphatic rings. The van der Waals surface area contributed by atoms with Gasteiger partial charge in [-0.3, -0.25) is 9.69 Å². The molecule has 7 heteroatoms. The summed E-state index contributed by atoms with van der Waals surface area (Å²) in [7, 11) is 1.65. The summed E-state index contributed by atoms with van der Waals surface area (Å²) in [6.45, 7) is 3.36. The van der Waals surface area contributed by atoms with Gasteiger partial charge in [0.15, 0.2) is 6.10 Å². The standard InChI is InChI=1S/C22H23ClN2O4/c1-28-19-7-6-17(23)12-16(19)14-24-8-10-25(11-9-24)21(26)20-13-15-4-2-3-5-18(15)22(27)29-20/h2-7,12,20H,8-11,13-14H2,1H3. The first-order chi connectivity index (χ1) is 14.0. The van der Waals surface area contributed by atoms with Crippen LogP contribution in [-0.4, -0.2) is 61.1 Å². The van der Waals surface area contributed by atoms with Crippen LogP contribution in [0, 0.1) is 0 Å². The number of carbonyl (C=O) groups excluding carboxylic acids is 2. The van der Waals surface area contributed by atoms with Crippen molar-refractivity contribution in [2.45, 2.75) is 19.1 Å². The predicted molar refractivity (Wildman–Crippen MR) is 109 cm³/mol. The topological polar surface area (TPSA) is 59.1 Å². The van der Waals surface area contributed by atoms with Crippen molar-refractivity contribution >= 4 is 23.5 Å². The van der Waals surface area contributed by atoms with Crippen LogP contribution in [0.2, 0.25) is 5.02 Å². The number of esters is 1. The summed E-state index contributed by atoms with van der Waals surface area (Å²) >= 11 is 6.12. The molecule has 0 spiro atoms. The largest absolute Gasteiger partial charge is 0.496 e. The zero-order chi connectivity index (χ0) is 20.4. The number of rotatable bonds is 4. The molecule has 0 saturated carbocycles. The first-order valence-electron chi connectivity index (χ1n) is 9.67. The fourth-order valence-corrected chi connectivity index (χ4v) is 4.11. The van der Waals surface area contributed by atoms with E-state index in [1.165, 1.54) is 0 Å². The molecule has 29 heavy (non-hydrogen) atoms. The lowest BCUT2D eigenvalue weighted by molar-refractivity contribution is -0.142. The minimum Gasteiger partial charge on any atom is -0.496 e. The van der Waals surface area contributed by atoms with Gasteiger partial charge in [0.2, 0.25) is 0 Å². The number of methoxy groups -OCH3 is 1. The van der Waals surface area contributed by atoms with Crippen molar-refractivity contribution in [2.75, 3.05) is 33.3 Å². The number of amides is 1.